The Morgan fingerprint density at radius 2 is 1.94 bits per heavy atom. The second-order valence-corrected chi connectivity index (χ2v) is 9.82. The van der Waals surface area contributed by atoms with Gasteiger partial charge in [-0.2, -0.15) is 26.3 Å². The lowest BCUT2D eigenvalue weighted by Gasteiger charge is -2.37. The van der Waals surface area contributed by atoms with Crippen molar-refractivity contribution in [2.45, 2.75) is 47.9 Å². The van der Waals surface area contributed by atoms with Crippen molar-refractivity contribution < 1.29 is 44.2 Å². The van der Waals surface area contributed by atoms with E-state index in [0.29, 0.717) is 6.07 Å². The van der Waals surface area contributed by atoms with Gasteiger partial charge in [-0.15, -0.1) is 5.10 Å². The van der Waals surface area contributed by atoms with Crippen molar-refractivity contribution in [1.82, 2.24) is 10.2 Å². The SMILES string of the molecule is CC1(S(=O)(=O)c2cccc(C(F)(F)F)c2)CCOC(c2cc(OCC(F)(F)F)n[nH]2)C1. The number of rotatable bonds is 5. The smallest absolute Gasteiger partial charge is 0.422 e. The summed E-state index contributed by atoms with van der Waals surface area (Å²) in [6.45, 7) is -0.183. The van der Waals surface area contributed by atoms with E-state index in [2.05, 4.69) is 14.9 Å². The lowest BCUT2D eigenvalue weighted by Crippen LogP contribution is -2.42. The fraction of sp³-hybridized carbons (Fsp3) is 0.500. The molecule has 1 aliphatic rings. The molecule has 0 amide bonds. The Morgan fingerprint density at radius 1 is 1.23 bits per heavy atom. The first-order chi connectivity index (χ1) is 14.2. The van der Waals surface area contributed by atoms with Crippen LogP contribution >= 0.6 is 0 Å². The summed E-state index contributed by atoms with van der Waals surface area (Å²) in [7, 11) is -4.20. The summed E-state index contributed by atoms with van der Waals surface area (Å²) in [5.41, 5.74) is -0.886. The number of benzene rings is 1. The zero-order valence-electron chi connectivity index (χ0n) is 16.0. The van der Waals surface area contributed by atoms with Crippen LogP contribution in [0.2, 0.25) is 0 Å². The summed E-state index contributed by atoms with van der Waals surface area (Å²) in [6.07, 6.45) is -10.3. The zero-order valence-corrected chi connectivity index (χ0v) is 16.9. The summed E-state index contributed by atoms with van der Waals surface area (Å²) >= 11 is 0. The van der Waals surface area contributed by atoms with Crippen molar-refractivity contribution in [2.75, 3.05) is 13.2 Å². The highest BCUT2D eigenvalue weighted by Crippen LogP contribution is 2.42. The van der Waals surface area contributed by atoms with Gasteiger partial charge in [0, 0.05) is 12.7 Å². The molecule has 1 fully saturated rings. The van der Waals surface area contributed by atoms with Crippen molar-refractivity contribution in [2.24, 2.45) is 0 Å². The van der Waals surface area contributed by atoms with Crippen LogP contribution < -0.4 is 4.74 Å². The van der Waals surface area contributed by atoms with E-state index >= 15 is 0 Å². The third-order valence-corrected chi connectivity index (χ3v) is 7.54. The molecule has 1 N–H and O–H groups in total. The molecule has 31 heavy (non-hydrogen) atoms. The van der Waals surface area contributed by atoms with Crippen molar-refractivity contribution in [3.63, 3.8) is 0 Å². The van der Waals surface area contributed by atoms with Gasteiger partial charge >= 0.3 is 12.4 Å². The molecule has 0 saturated carbocycles. The van der Waals surface area contributed by atoms with Crippen LogP contribution in [0.25, 0.3) is 0 Å². The molecule has 0 spiro atoms. The largest absolute Gasteiger partial charge is 0.467 e. The van der Waals surface area contributed by atoms with Crippen LogP contribution in [0, 0.1) is 0 Å². The quantitative estimate of drug-likeness (QED) is 0.651. The molecule has 172 valence electrons. The Bertz CT molecular complexity index is 1030. The summed E-state index contributed by atoms with van der Waals surface area (Å²) in [4.78, 5) is -0.468. The standard InChI is InChI=1S/C18H18F6N2O4S/c1-16(31(27,28)12-4-2-3-11(7-12)18(22,23)24)5-6-29-14(9-16)13-8-15(26-25-13)30-10-17(19,20)21/h2-4,7-8,14H,5-6,9-10H2,1H3,(H,25,26). The van der Waals surface area contributed by atoms with Gasteiger partial charge in [-0.3, -0.25) is 5.10 Å². The number of alkyl halides is 6. The van der Waals surface area contributed by atoms with E-state index in [4.69, 9.17) is 4.74 Å². The predicted octanol–water partition coefficient (Wildman–Crippen LogP) is 4.45. The van der Waals surface area contributed by atoms with Crippen LogP contribution in [0.3, 0.4) is 0 Å². The highest BCUT2D eigenvalue weighted by atomic mass is 32.2. The molecule has 0 bridgehead atoms. The maximum Gasteiger partial charge on any atom is 0.422 e. The number of sulfone groups is 1. The molecule has 2 atom stereocenters. The van der Waals surface area contributed by atoms with E-state index in [1.165, 1.54) is 13.0 Å². The number of H-pyrrole nitrogens is 1. The first kappa shape index (κ1) is 23.4. The molecule has 1 aliphatic heterocycles. The highest BCUT2D eigenvalue weighted by molar-refractivity contribution is 7.92. The molecule has 1 aromatic heterocycles. The zero-order chi connectivity index (χ0) is 23.1. The maximum atomic E-state index is 13.2. The van der Waals surface area contributed by atoms with Gasteiger partial charge in [-0.1, -0.05) is 6.07 Å². The lowest BCUT2D eigenvalue weighted by atomic mass is 9.95. The number of aromatic amines is 1. The number of hydrogen-bond donors (Lipinski definition) is 1. The average Bonchev–Trinajstić information content (AvgIpc) is 3.14. The Kier molecular flexibility index (Phi) is 6.04. The van der Waals surface area contributed by atoms with Crippen molar-refractivity contribution in [3.05, 3.63) is 41.6 Å². The Hall–Kier alpha value is -2.28. The van der Waals surface area contributed by atoms with Gasteiger partial charge in [-0.05, 0) is 38.0 Å². The van der Waals surface area contributed by atoms with Gasteiger partial charge in [0.25, 0.3) is 0 Å². The van der Waals surface area contributed by atoms with Gasteiger partial charge in [0.1, 0.15) is 6.10 Å². The van der Waals surface area contributed by atoms with Crippen molar-refractivity contribution in [1.29, 1.82) is 0 Å². The predicted molar refractivity (Wildman–Crippen MR) is 95.1 cm³/mol. The third-order valence-electron chi connectivity index (χ3n) is 4.99. The summed E-state index contributed by atoms with van der Waals surface area (Å²) in [5, 5.41) is 6.06. The van der Waals surface area contributed by atoms with Gasteiger partial charge in [0.2, 0.25) is 5.88 Å². The number of hydrogen-bond acceptors (Lipinski definition) is 5. The first-order valence-corrected chi connectivity index (χ1v) is 10.5. The Balaban J connectivity index is 1.82. The van der Waals surface area contributed by atoms with E-state index in [1.54, 1.807) is 0 Å². The van der Waals surface area contributed by atoms with E-state index in [0.717, 1.165) is 18.2 Å². The molecule has 6 nitrogen and oxygen atoms in total. The van der Waals surface area contributed by atoms with Crippen LogP contribution in [0.1, 0.15) is 37.1 Å². The van der Waals surface area contributed by atoms with Gasteiger partial charge in [0.05, 0.1) is 20.9 Å². The third kappa shape index (κ3) is 5.14. The van der Waals surface area contributed by atoms with Gasteiger partial charge < -0.3 is 9.47 Å². The molecule has 1 aromatic carbocycles. The van der Waals surface area contributed by atoms with E-state index in [-0.39, 0.29) is 31.0 Å². The maximum absolute atomic E-state index is 13.2. The molecular formula is C18H18F6N2O4S. The van der Waals surface area contributed by atoms with E-state index < -0.39 is 50.1 Å². The summed E-state index contributed by atoms with van der Waals surface area (Å²) in [5.74, 6) is -0.344. The molecule has 2 aromatic rings. The number of nitrogens with zero attached hydrogens (tertiary/aromatic N) is 1. The normalized spacial score (nSPS) is 23.0. The van der Waals surface area contributed by atoms with Crippen LogP contribution in [0.5, 0.6) is 5.88 Å². The molecule has 2 heterocycles. The molecular weight excluding hydrogens is 454 g/mol. The Morgan fingerprint density at radius 3 is 2.58 bits per heavy atom. The van der Waals surface area contributed by atoms with Crippen molar-refractivity contribution >= 4 is 9.84 Å². The summed E-state index contributed by atoms with van der Waals surface area (Å²) in [6, 6.07) is 4.65. The molecule has 13 heteroatoms. The number of nitrogens with one attached hydrogen (secondary N) is 1. The van der Waals surface area contributed by atoms with Crippen LogP contribution in [-0.2, 0) is 20.8 Å². The molecule has 3 rings (SSSR count). The molecule has 2 unspecified atom stereocenters. The number of aromatic nitrogens is 2. The van der Waals surface area contributed by atoms with Crippen LogP contribution in [0.15, 0.2) is 35.2 Å². The number of halogens is 6. The van der Waals surface area contributed by atoms with Gasteiger partial charge in [0.15, 0.2) is 16.4 Å². The highest BCUT2D eigenvalue weighted by Gasteiger charge is 2.46. The fourth-order valence-electron chi connectivity index (χ4n) is 3.25. The van der Waals surface area contributed by atoms with Gasteiger partial charge in [-0.25, -0.2) is 8.42 Å². The molecule has 0 radical (unpaired) electrons. The number of ether oxygens (including phenoxy) is 2. The second kappa shape index (κ2) is 8.01. The molecule has 0 aliphatic carbocycles. The minimum atomic E-state index is -4.70. The monoisotopic (exact) mass is 472 g/mol. The van der Waals surface area contributed by atoms with E-state index in [1.807, 2.05) is 0 Å². The van der Waals surface area contributed by atoms with Crippen molar-refractivity contribution in [3.8, 4) is 5.88 Å². The Labute approximate surface area is 173 Å². The lowest BCUT2D eigenvalue weighted by molar-refractivity contribution is -0.154. The minimum absolute atomic E-state index is 0.0215. The fourth-order valence-corrected chi connectivity index (χ4v) is 5.08. The average molecular weight is 472 g/mol. The first-order valence-electron chi connectivity index (χ1n) is 9.00. The minimum Gasteiger partial charge on any atom is -0.467 e. The summed E-state index contributed by atoms with van der Waals surface area (Å²) < 4.78 is 111. The van der Waals surface area contributed by atoms with Crippen LogP contribution in [0.4, 0.5) is 26.3 Å². The van der Waals surface area contributed by atoms with Crippen LogP contribution in [-0.4, -0.2) is 42.8 Å². The second-order valence-electron chi connectivity index (χ2n) is 7.36. The molecule has 1 saturated heterocycles. The van der Waals surface area contributed by atoms with E-state index in [9.17, 15) is 34.8 Å². The topological polar surface area (TPSA) is 81.3 Å².